The Morgan fingerprint density at radius 1 is 1.25 bits per heavy atom. The predicted molar refractivity (Wildman–Crippen MR) is 59.5 cm³/mol. The maximum Gasteiger partial charge on any atom is 0.266 e. The van der Waals surface area contributed by atoms with Gasteiger partial charge in [0.1, 0.15) is 0 Å². The van der Waals surface area contributed by atoms with Gasteiger partial charge in [-0.2, -0.15) is 0 Å². The number of alkyl halides is 2. The van der Waals surface area contributed by atoms with Gasteiger partial charge in [0.2, 0.25) is 0 Å². The van der Waals surface area contributed by atoms with E-state index in [2.05, 4.69) is 31.9 Å². The standard InChI is InChI=1S/C7H3Br2F2I/c8-3-1-2-4(12)6(9)5(3)7(10)11/h1-2,7H. The lowest BCUT2D eigenvalue weighted by Gasteiger charge is -2.07. The first-order valence-corrected chi connectivity index (χ1v) is 5.62. The normalized spacial score (nSPS) is 10.8. The zero-order valence-corrected chi connectivity index (χ0v) is 11.0. The van der Waals surface area contributed by atoms with Crippen molar-refractivity contribution >= 4 is 54.5 Å². The Bertz CT molecular complexity index is 302. The molecule has 0 spiro atoms. The number of hydrogen-bond acceptors (Lipinski definition) is 0. The Morgan fingerprint density at radius 3 is 2.25 bits per heavy atom. The van der Waals surface area contributed by atoms with E-state index in [0.29, 0.717) is 8.95 Å². The van der Waals surface area contributed by atoms with Gasteiger partial charge in [0.05, 0.1) is 0 Å². The Morgan fingerprint density at radius 2 is 1.83 bits per heavy atom. The second-order valence-electron chi connectivity index (χ2n) is 2.06. The van der Waals surface area contributed by atoms with E-state index < -0.39 is 6.43 Å². The molecule has 1 aromatic rings. The largest absolute Gasteiger partial charge is 0.266 e. The molecule has 0 aliphatic heterocycles. The molecule has 1 aromatic carbocycles. The number of benzene rings is 1. The molecule has 66 valence electrons. The molecule has 0 saturated heterocycles. The fraction of sp³-hybridized carbons (Fsp3) is 0.143. The average molecular weight is 412 g/mol. The summed E-state index contributed by atoms with van der Waals surface area (Å²) in [5.74, 6) is 0. The van der Waals surface area contributed by atoms with Gasteiger partial charge in [0, 0.05) is 18.1 Å². The predicted octanol–water partition coefficient (Wildman–Crippen LogP) is 4.75. The molecular weight excluding hydrogens is 409 g/mol. The first kappa shape index (κ1) is 10.8. The molecule has 0 aromatic heterocycles. The molecule has 1 rings (SSSR count). The monoisotopic (exact) mass is 410 g/mol. The Balaban J connectivity index is 3.33. The quantitative estimate of drug-likeness (QED) is 0.462. The van der Waals surface area contributed by atoms with Gasteiger partial charge in [-0.05, 0) is 50.7 Å². The molecule has 0 saturated carbocycles. The smallest absolute Gasteiger partial charge is 0.205 e. The SMILES string of the molecule is FC(F)c1c(Br)ccc(I)c1Br. The molecule has 0 fully saturated rings. The van der Waals surface area contributed by atoms with Crippen molar-refractivity contribution < 1.29 is 8.78 Å². The van der Waals surface area contributed by atoms with E-state index in [1.165, 1.54) is 0 Å². The minimum Gasteiger partial charge on any atom is -0.205 e. The summed E-state index contributed by atoms with van der Waals surface area (Å²) < 4.78 is 26.5. The molecule has 0 atom stereocenters. The Labute approximate surface area is 99.1 Å². The summed E-state index contributed by atoms with van der Waals surface area (Å²) in [6.45, 7) is 0. The van der Waals surface area contributed by atoms with E-state index >= 15 is 0 Å². The van der Waals surface area contributed by atoms with E-state index in [1.807, 2.05) is 22.6 Å². The van der Waals surface area contributed by atoms with Crippen LogP contribution in [0.1, 0.15) is 12.0 Å². The number of rotatable bonds is 1. The Kier molecular flexibility index (Phi) is 3.91. The third-order valence-corrected chi connectivity index (χ3v) is 4.48. The molecule has 5 heteroatoms. The van der Waals surface area contributed by atoms with Crippen LogP contribution in [0, 0.1) is 3.57 Å². The summed E-state index contributed by atoms with van der Waals surface area (Å²) in [5.41, 5.74) is 0.0156. The molecule has 12 heavy (non-hydrogen) atoms. The van der Waals surface area contributed by atoms with Crippen LogP contribution in [0.4, 0.5) is 8.78 Å². The lowest BCUT2D eigenvalue weighted by molar-refractivity contribution is 0.149. The highest BCUT2D eigenvalue weighted by atomic mass is 127. The van der Waals surface area contributed by atoms with Crippen LogP contribution in [0.15, 0.2) is 21.1 Å². The zero-order valence-electron chi connectivity index (χ0n) is 5.62. The fourth-order valence-electron chi connectivity index (χ4n) is 0.743. The van der Waals surface area contributed by atoms with Crippen molar-refractivity contribution in [3.8, 4) is 0 Å². The van der Waals surface area contributed by atoms with E-state index in [1.54, 1.807) is 12.1 Å². The van der Waals surface area contributed by atoms with Crippen molar-refractivity contribution in [2.75, 3.05) is 0 Å². The van der Waals surface area contributed by atoms with Crippen LogP contribution in [0.5, 0.6) is 0 Å². The van der Waals surface area contributed by atoms with Crippen LogP contribution < -0.4 is 0 Å². The van der Waals surface area contributed by atoms with Crippen LogP contribution in [0.3, 0.4) is 0 Å². The molecule has 0 aliphatic carbocycles. The van der Waals surface area contributed by atoms with Gasteiger partial charge < -0.3 is 0 Å². The first-order chi connectivity index (χ1) is 5.54. The molecule has 0 N–H and O–H groups in total. The molecule has 0 bridgehead atoms. The van der Waals surface area contributed by atoms with Gasteiger partial charge in [0.25, 0.3) is 6.43 Å². The summed E-state index contributed by atoms with van der Waals surface area (Å²) in [5, 5.41) is 0. The summed E-state index contributed by atoms with van der Waals surface area (Å²) in [6.07, 6.45) is -2.46. The van der Waals surface area contributed by atoms with Gasteiger partial charge in [-0.3, -0.25) is 0 Å². The molecule has 0 amide bonds. The highest BCUT2D eigenvalue weighted by Crippen LogP contribution is 2.36. The van der Waals surface area contributed by atoms with E-state index in [4.69, 9.17) is 0 Å². The van der Waals surface area contributed by atoms with Crippen LogP contribution in [0.25, 0.3) is 0 Å². The average Bonchev–Trinajstić information content (AvgIpc) is 1.97. The van der Waals surface area contributed by atoms with Gasteiger partial charge in [0.15, 0.2) is 0 Å². The van der Waals surface area contributed by atoms with Crippen LogP contribution in [-0.2, 0) is 0 Å². The van der Waals surface area contributed by atoms with Gasteiger partial charge in [-0.25, -0.2) is 8.78 Å². The van der Waals surface area contributed by atoms with E-state index in [9.17, 15) is 8.78 Å². The number of halogens is 5. The van der Waals surface area contributed by atoms with Crippen LogP contribution in [-0.4, -0.2) is 0 Å². The topological polar surface area (TPSA) is 0 Å². The summed E-state index contributed by atoms with van der Waals surface area (Å²) in [4.78, 5) is 0. The van der Waals surface area contributed by atoms with Crippen molar-refractivity contribution in [3.05, 3.63) is 30.2 Å². The minimum absolute atomic E-state index is 0.0156. The fourth-order valence-corrected chi connectivity index (χ4v) is 2.50. The van der Waals surface area contributed by atoms with Gasteiger partial charge in [-0.1, -0.05) is 15.9 Å². The minimum atomic E-state index is -2.46. The van der Waals surface area contributed by atoms with Crippen molar-refractivity contribution in [1.82, 2.24) is 0 Å². The molecule has 0 nitrogen and oxygen atoms in total. The molecule has 0 unspecified atom stereocenters. The Hall–Kier alpha value is 0.770. The van der Waals surface area contributed by atoms with E-state index in [0.717, 1.165) is 3.57 Å². The number of hydrogen-bond donors (Lipinski definition) is 0. The summed E-state index contributed by atoms with van der Waals surface area (Å²) in [6, 6.07) is 3.38. The van der Waals surface area contributed by atoms with Crippen molar-refractivity contribution in [2.45, 2.75) is 6.43 Å². The highest BCUT2D eigenvalue weighted by Gasteiger charge is 2.16. The zero-order chi connectivity index (χ0) is 9.30. The van der Waals surface area contributed by atoms with Crippen LogP contribution in [0.2, 0.25) is 0 Å². The maximum atomic E-state index is 12.4. The van der Waals surface area contributed by atoms with Gasteiger partial charge in [-0.15, -0.1) is 0 Å². The van der Waals surface area contributed by atoms with Gasteiger partial charge >= 0.3 is 0 Å². The molecule has 0 aliphatic rings. The van der Waals surface area contributed by atoms with Crippen molar-refractivity contribution in [3.63, 3.8) is 0 Å². The van der Waals surface area contributed by atoms with E-state index in [-0.39, 0.29) is 5.56 Å². The first-order valence-electron chi connectivity index (χ1n) is 2.95. The highest BCUT2D eigenvalue weighted by molar-refractivity contribution is 14.1. The maximum absolute atomic E-state index is 12.4. The molecule has 0 heterocycles. The third-order valence-electron chi connectivity index (χ3n) is 1.30. The van der Waals surface area contributed by atoms with Crippen molar-refractivity contribution in [2.24, 2.45) is 0 Å². The second-order valence-corrected chi connectivity index (χ2v) is 4.87. The summed E-state index contributed by atoms with van der Waals surface area (Å²) in [7, 11) is 0. The lowest BCUT2D eigenvalue weighted by Crippen LogP contribution is -1.90. The molecular formula is C7H3Br2F2I. The van der Waals surface area contributed by atoms with Crippen molar-refractivity contribution in [1.29, 1.82) is 0 Å². The second kappa shape index (κ2) is 4.32. The summed E-state index contributed by atoms with van der Waals surface area (Å²) >= 11 is 8.18. The third kappa shape index (κ3) is 2.17. The van der Waals surface area contributed by atoms with Crippen LogP contribution >= 0.6 is 54.5 Å². The lowest BCUT2D eigenvalue weighted by atomic mass is 10.2. The molecule has 0 radical (unpaired) electrons.